The number of aromatic nitrogens is 2. The minimum atomic E-state index is 0. The number of rotatable bonds is 0. The molecule has 6 heavy (non-hydrogen) atoms. The molecule has 0 saturated heterocycles. The molecule has 36 valence electrons. The van der Waals surface area contributed by atoms with Gasteiger partial charge in [-0.1, -0.05) is 0 Å². The van der Waals surface area contributed by atoms with Crippen molar-refractivity contribution in [3.05, 3.63) is 18.5 Å². The molecule has 0 saturated carbocycles. The summed E-state index contributed by atoms with van der Waals surface area (Å²) < 4.78 is 0. The molecule has 0 atom stereocenters. The van der Waals surface area contributed by atoms with E-state index < -0.39 is 0 Å². The third-order valence-corrected chi connectivity index (χ3v) is 0.362. The van der Waals surface area contributed by atoms with Crippen LogP contribution < -0.4 is 0 Å². The Hall–Kier alpha value is -0.0497. The van der Waals surface area contributed by atoms with Crippen LogP contribution >= 0.6 is 0 Å². The van der Waals surface area contributed by atoms with Crippen LogP contribution in [0.5, 0.6) is 0 Å². The fourth-order valence-electron chi connectivity index (χ4n) is 0.186. The summed E-state index contributed by atoms with van der Waals surface area (Å²) in [5, 5.41) is 6.10. The summed E-state index contributed by atoms with van der Waals surface area (Å²) in [4.78, 5) is 0. The van der Waals surface area contributed by atoms with E-state index in [1.165, 1.54) is 0 Å². The SMILES string of the molecule is [Ag+].[c-]1cn[nH]c1. The van der Waals surface area contributed by atoms with E-state index in [-0.39, 0.29) is 22.4 Å². The van der Waals surface area contributed by atoms with Crippen molar-refractivity contribution in [1.82, 2.24) is 10.2 Å². The van der Waals surface area contributed by atoms with Crippen molar-refractivity contribution in [2.75, 3.05) is 0 Å². The van der Waals surface area contributed by atoms with E-state index in [0.717, 1.165) is 0 Å². The number of hydrogen-bond acceptors (Lipinski definition) is 1. The minimum absolute atomic E-state index is 0. The van der Waals surface area contributed by atoms with Gasteiger partial charge in [0.05, 0.1) is 0 Å². The maximum Gasteiger partial charge on any atom is 1.00 e. The molecular weight excluding hydrogens is 172 g/mol. The third-order valence-electron chi connectivity index (χ3n) is 0.362. The first-order valence-corrected chi connectivity index (χ1v) is 1.35. The molecule has 0 aromatic carbocycles. The molecule has 3 heteroatoms. The van der Waals surface area contributed by atoms with E-state index in [1.807, 2.05) is 0 Å². The predicted octanol–water partition coefficient (Wildman–Crippen LogP) is 0.207. The zero-order valence-electron chi connectivity index (χ0n) is 2.90. The van der Waals surface area contributed by atoms with Crippen molar-refractivity contribution in [2.45, 2.75) is 0 Å². The zero-order chi connectivity index (χ0) is 3.54. The number of aromatic amines is 1. The standard InChI is InChI=1S/C3H3N2.Ag/c1-2-4-5-3-1;/h2-3H,(H,4,5);/q-1;+1. The summed E-state index contributed by atoms with van der Waals surface area (Å²) in [6.07, 6.45) is 3.21. The van der Waals surface area contributed by atoms with Gasteiger partial charge in [-0.3, -0.25) is 0 Å². The van der Waals surface area contributed by atoms with Crippen LogP contribution in [-0.2, 0) is 22.4 Å². The van der Waals surface area contributed by atoms with Crippen LogP contribution in [0.25, 0.3) is 0 Å². The van der Waals surface area contributed by atoms with Gasteiger partial charge in [0.1, 0.15) is 0 Å². The molecule has 1 N–H and O–H groups in total. The van der Waals surface area contributed by atoms with Gasteiger partial charge < -0.3 is 11.2 Å². The molecule has 0 amide bonds. The van der Waals surface area contributed by atoms with Crippen molar-refractivity contribution in [3.8, 4) is 0 Å². The van der Waals surface area contributed by atoms with Crippen molar-refractivity contribution < 1.29 is 22.4 Å². The van der Waals surface area contributed by atoms with Crippen LogP contribution in [0.15, 0.2) is 12.4 Å². The molecule has 0 spiro atoms. The number of H-pyrrole nitrogens is 1. The molecule has 2 nitrogen and oxygen atoms in total. The second kappa shape index (κ2) is 3.15. The normalized spacial score (nSPS) is 6.67. The van der Waals surface area contributed by atoms with Crippen LogP contribution in [0.4, 0.5) is 0 Å². The molecule has 0 aliphatic carbocycles. The fourth-order valence-corrected chi connectivity index (χ4v) is 0.186. The molecule has 0 bridgehead atoms. The molecule has 0 aliphatic rings. The molecular formula is C3H3AgN2. The molecule has 1 rings (SSSR count). The summed E-state index contributed by atoms with van der Waals surface area (Å²) in [5.74, 6) is 0. The summed E-state index contributed by atoms with van der Waals surface area (Å²) in [5.41, 5.74) is 0. The second-order valence-electron chi connectivity index (χ2n) is 0.698. The Balaban J connectivity index is 0.000000250. The Bertz CT molecular complexity index is 65.3. The average Bonchev–Trinajstić information content (AvgIpc) is 1.76. The molecule has 1 aromatic rings. The van der Waals surface area contributed by atoms with Crippen molar-refractivity contribution in [1.29, 1.82) is 0 Å². The Kier molecular flexibility index (Phi) is 3.13. The van der Waals surface area contributed by atoms with Crippen LogP contribution in [0.2, 0.25) is 0 Å². The van der Waals surface area contributed by atoms with Gasteiger partial charge in [0.2, 0.25) is 0 Å². The van der Waals surface area contributed by atoms with Gasteiger partial charge in [0, 0.05) is 0 Å². The topological polar surface area (TPSA) is 28.7 Å². The van der Waals surface area contributed by atoms with Gasteiger partial charge in [-0.25, -0.2) is 5.10 Å². The van der Waals surface area contributed by atoms with Crippen molar-refractivity contribution >= 4 is 0 Å². The maximum absolute atomic E-state index is 3.54. The van der Waals surface area contributed by atoms with Gasteiger partial charge in [0.25, 0.3) is 0 Å². The van der Waals surface area contributed by atoms with E-state index in [9.17, 15) is 0 Å². The number of nitrogens with zero attached hydrogens (tertiary/aromatic N) is 1. The maximum atomic E-state index is 3.54. The summed E-state index contributed by atoms with van der Waals surface area (Å²) >= 11 is 0. The molecule has 0 fully saturated rings. The third kappa shape index (κ3) is 1.40. The summed E-state index contributed by atoms with van der Waals surface area (Å²) in [7, 11) is 0. The second-order valence-corrected chi connectivity index (χ2v) is 0.698. The molecule has 1 heterocycles. The largest absolute Gasteiger partial charge is 1.00 e. The van der Waals surface area contributed by atoms with Crippen LogP contribution in [0.1, 0.15) is 0 Å². The Labute approximate surface area is 51.5 Å². The van der Waals surface area contributed by atoms with Gasteiger partial charge in [-0.05, 0) is 0 Å². The van der Waals surface area contributed by atoms with E-state index in [4.69, 9.17) is 0 Å². The van der Waals surface area contributed by atoms with Crippen LogP contribution in [-0.4, -0.2) is 10.2 Å². The zero-order valence-corrected chi connectivity index (χ0v) is 4.39. The van der Waals surface area contributed by atoms with Crippen LogP contribution in [0, 0.1) is 6.07 Å². The van der Waals surface area contributed by atoms with E-state index >= 15 is 0 Å². The summed E-state index contributed by atoms with van der Waals surface area (Å²) in [6.45, 7) is 0. The molecule has 0 unspecified atom stereocenters. The first-order valence-electron chi connectivity index (χ1n) is 1.35. The minimum Gasteiger partial charge on any atom is -0.433 e. The van der Waals surface area contributed by atoms with Gasteiger partial charge in [-0.15, -0.1) is 6.20 Å². The first kappa shape index (κ1) is 5.95. The number of nitrogens with one attached hydrogen (secondary N) is 1. The van der Waals surface area contributed by atoms with Crippen molar-refractivity contribution in [2.24, 2.45) is 0 Å². The van der Waals surface area contributed by atoms with E-state index in [1.54, 1.807) is 12.4 Å². The average molecular weight is 175 g/mol. The molecule has 1 aromatic heterocycles. The smallest absolute Gasteiger partial charge is 0.433 e. The van der Waals surface area contributed by atoms with Crippen molar-refractivity contribution in [3.63, 3.8) is 0 Å². The van der Waals surface area contributed by atoms with Crippen LogP contribution in [0.3, 0.4) is 0 Å². The molecule has 0 radical (unpaired) electrons. The quantitative estimate of drug-likeness (QED) is 0.443. The van der Waals surface area contributed by atoms with Gasteiger partial charge >= 0.3 is 22.4 Å². The Morgan fingerprint density at radius 3 is 2.67 bits per heavy atom. The summed E-state index contributed by atoms with van der Waals surface area (Å²) in [6, 6.07) is 2.69. The van der Waals surface area contributed by atoms with Gasteiger partial charge in [0.15, 0.2) is 0 Å². The molecule has 0 aliphatic heterocycles. The Morgan fingerprint density at radius 1 is 1.67 bits per heavy atom. The fraction of sp³-hybridized carbons (Fsp3) is 0. The predicted molar refractivity (Wildman–Crippen MR) is 17.4 cm³/mol. The number of hydrogen-bond donors (Lipinski definition) is 1. The van der Waals surface area contributed by atoms with E-state index in [2.05, 4.69) is 16.3 Å². The monoisotopic (exact) mass is 174 g/mol. The first-order chi connectivity index (χ1) is 2.50. The Morgan fingerprint density at radius 2 is 2.50 bits per heavy atom. The van der Waals surface area contributed by atoms with Gasteiger partial charge in [-0.2, -0.15) is 6.20 Å². The van der Waals surface area contributed by atoms with E-state index in [0.29, 0.717) is 0 Å².